The number of anilines is 1. The van der Waals surface area contributed by atoms with Crippen LogP contribution < -0.4 is 10.2 Å². The molecule has 0 spiro atoms. The molecular formula is C17H19N3O3. The molecule has 6 heteroatoms. The number of carbonyl (C=O) groups excluding carboxylic acids is 1. The van der Waals surface area contributed by atoms with Gasteiger partial charge < -0.3 is 10.2 Å². The highest BCUT2D eigenvalue weighted by molar-refractivity contribution is 6.00. The van der Waals surface area contributed by atoms with Crippen LogP contribution in [0.4, 0.5) is 11.4 Å². The summed E-state index contributed by atoms with van der Waals surface area (Å²) in [6.07, 6.45) is 0. The normalized spacial score (nSPS) is 10.2. The van der Waals surface area contributed by atoms with Gasteiger partial charge in [-0.1, -0.05) is 29.8 Å². The SMILES string of the molecule is Cc1ccc(CNC(=O)c2cc([N+](=O)[O-])ccc2N(C)C)cc1. The molecule has 23 heavy (non-hydrogen) atoms. The Bertz CT molecular complexity index is 724. The minimum Gasteiger partial charge on any atom is -0.377 e. The van der Waals surface area contributed by atoms with Gasteiger partial charge in [0.25, 0.3) is 11.6 Å². The molecular weight excluding hydrogens is 294 g/mol. The molecule has 2 rings (SSSR count). The van der Waals surface area contributed by atoms with Crippen molar-refractivity contribution in [3.8, 4) is 0 Å². The second-order valence-corrected chi connectivity index (χ2v) is 5.52. The molecule has 0 bridgehead atoms. The van der Waals surface area contributed by atoms with Crippen molar-refractivity contribution in [3.05, 3.63) is 69.3 Å². The van der Waals surface area contributed by atoms with Crippen molar-refractivity contribution in [3.63, 3.8) is 0 Å². The van der Waals surface area contributed by atoms with E-state index in [4.69, 9.17) is 0 Å². The molecule has 0 saturated carbocycles. The van der Waals surface area contributed by atoms with Gasteiger partial charge in [0, 0.05) is 38.5 Å². The second kappa shape index (κ2) is 6.91. The summed E-state index contributed by atoms with van der Waals surface area (Å²) in [5.41, 5.74) is 2.94. The van der Waals surface area contributed by atoms with Crippen LogP contribution in [-0.2, 0) is 6.54 Å². The maximum absolute atomic E-state index is 12.4. The summed E-state index contributed by atoms with van der Waals surface area (Å²) in [4.78, 5) is 24.6. The van der Waals surface area contributed by atoms with E-state index < -0.39 is 4.92 Å². The monoisotopic (exact) mass is 313 g/mol. The second-order valence-electron chi connectivity index (χ2n) is 5.52. The van der Waals surface area contributed by atoms with Gasteiger partial charge in [0.15, 0.2) is 0 Å². The topological polar surface area (TPSA) is 75.5 Å². The highest BCUT2D eigenvalue weighted by Gasteiger charge is 2.17. The Morgan fingerprint density at radius 2 is 1.83 bits per heavy atom. The predicted octanol–water partition coefficient (Wildman–Crippen LogP) is 2.90. The minimum atomic E-state index is -0.504. The van der Waals surface area contributed by atoms with E-state index in [2.05, 4.69) is 5.32 Å². The van der Waals surface area contributed by atoms with Crippen LogP contribution in [0.25, 0.3) is 0 Å². The third-order valence-corrected chi connectivity index (χ3v) is 3.49. The van der Waals surface area contributed by atoms with Crippen LogP contribution in [0.1, 0.15) is 21.5 Å². The third-order valence-electron chi connectivity index (χ3n) is 3.49. The molecule has 0 unspecified atom stereocenters. The maximum atomic E-state index is 12.4. The molecule has 1 N–H and O–H groups in total. The first-order valence-corrected chi connectivity index (χ1v) is 7.18. The standard InChI is InChI=1S/C17H19N3O3/c1-12-4-6-13(7-5-12)11-18-17(21)15-10-14(20(22)23)8-9-16(15)19(2)3/h4-10H,11H2,1-3H3,(H,18,21). The molecule has 0 aliphatic rings. The Hall–Kier alpha value is -2.89. The highest BCUT2D eigenvalue weighted by Crippen LogP contribution is 2.24. The van der Waals surface area contributed by atoms with E-state index in [0.717, 1.165) is 11.1 Å². The van der Waals surface area contributed by atoms with Gasteiger partial charge in [-0.05, 0) is 18.6 Å². The van der Waals surface area contributed by atoms with Crippen LogP contribution in [0, 0.1) is 17.0 Å². The Balaban J connectivity index is 2.21. The Morgan fingerprint density at radius 3 is 2.39 bits per heavy atom. The fourth-order valence-corrected chi connectivity index (χ4v) is 2.19. The summed E-state index contributed by atoms with van der Waals surface area (Å²) >= 11 is 0. The molecule has 120 valence electrons. The van der Waals surface area contributed by atoms with Gasteiger partial charge in [-0.15, -0.1) is 0 Å². The Morgan fingerprint density at radius 1 is 1.17 bits per heavy atom. The molecule has 0 radical (unpaired) electrons. The Kier molecular flexibility index (Phi) is 4.95. The van der Waals surface area contributed by atoms with Crippen molar-refractivity contribution in [2.24, 2.45) is 0 Å². The molecule has 0 atom stereocenters. The van der Waals surface area contributed by atoms with Gasteiger partial charge in [0.1, 0.15) is 0 Å². The van der Waals surface area contributed by atoms with Crippen LogP contribution in [0.5, 0.6) is 0 Å². The third kappa shape index (κ3) is 4.06. The van der Waals surface area contributed by atoms with E-state index in [0.29, 0.717) is 12.2 Å². The molecule has 0 fully saturated rings. The number of carbonyl (C=O) groups is 1. The number of hydrogen-bond donors (Lipinski definition) is 1. The number of nitro groups is 1. The summed E-state index contributed by atoms with van der Waals surface area (Å²) in [6, 6.07) is 12.1. The van der Waals surface area contributed by atoms with E-state index in [1.807, 2.05) is 31.2 Å². The van der Waals surface area contributed by atoms with Gasteiger partial charge in [-0.25, -0.2) is 0 Å². The number of aryl methyl sites for hydroxylation is 1. The molecule has 0 aliphatic carbocycles. The molecule has 0 heterocycles. The van der Waals surface area contributed by atoms with Crippen molar-refractivity contribution in [1.29, 1.82) is 0 Å². The average Bonchev–Trinajstić information content (AvgIpc) is 2.53. The summed E-state index contributed by atoms with van der Waals surface area (Å²) in [6.45, 7) is 2.36. The number of non-ortho nitro benzene ring substituents is 1. The summed E-state index contributed by atoms with van der Waals surface area (Å²) in [5.74, 6) is -0.335. The zero-order chi connectivity index (χ0) is 17.0. The smallest absolute Gasteiger partial charge is 0.270 e. The zero-order valence-electron chi connectivity index (χ0n) is 13.4. The molecule has 0 aliphatic heterocycles. The number of nitrogens with one attached hydrogen (secondary N) is 1. The number of amides is 1. The highest BCUT2D eigenvalue weighted by atomic mass is 16.6. The first-order chi connectivity index (χ1) is 10.9. The number of benzene rings is 2. The lowest BCUT2D eigenvalue weighted by Crippen LogP contribution is -2.25. The number of nitrogens with zero attached hydrogens (tertiary/aromatic N) is 2. The minimum absolute atomic E-state index is 0.101. The fourth-order valence-electron chi connectivity index (χ4n) is 2.19. The molecule has 2 aromatic rings. The van der Waals surface area contributed by atoms with Crippen molar-refractivity contribution in [1.82, 2.24) is 5.32 Å². The fraction of sp³-hybridized carbons (Fsp3) is 0.235. The van der Waals surface area contributed by atoms with Gasteiger partial charge in [-0.3, -0.25) is 14.9 Å². The van der Waals surface area contributed by atoms with Crippen LogP contribution >= 0.6 is 0 Å². The van der Waals surface area contributed by atoms with Crippen molar-refractivity contribution in [2.75, 3.05) is 19.0 Å². The molecule has 2 aromatic carbocycles. The van der Waals surface area contributed by atoms with Crippen molar-refractivity contribution >= 4 is 17.3 Å². The molecule has 0 saturated heterocycles. The van der Waals surface area contributed by atoms with Crippen molar-refractivity contribution in [2.45, 2.75) is 13.5 Å². The summed E-state index contributed by atoms with van der Waals surface area (Å²) < 4.78 is 0. The average molecular weight is 313 g/mol. The van der Waals surface area contributed by atoms with E-state index in [9.17, 15) is 14.9 Å². The molecule has 6 nitrogen and oxygen atoms in total. The van der Waals surface area contributed by atoms with E-state index >= 15 is 0 Å². The van der Waals surface area contributed by atoms with Gasteiger partial charge in [0.05, 0.1) is 10.5 Å². The predicted molar refractivity (Wildman–Crippen MR) is 89.8 cm³/mol. The first-order valence-electron chi connectivity index (χ1n) is 7.18. The van der Waals surface area contributed by atoms with E-state index in [1.165, 1.54) is 12.1 Å². The van der Waals surface area contributed by atoms with Crippen LogP contribution in [0.15, 0.2) is 42.5 Å². The lowest BCUT2D eigenvalue weighted by atomic mass is 10.1. The number of rotatable bonds is 5. The molecule has 0 aromatic heterocycles. The number of hydrogen-bond acceptors (Lipinski definition) is 4. The van der Waals surface area contributed by atoms with Crippen molar-refractivity contribution < 1.29 is 9.72 Å². The summed E-state index contributed by atoms with van der Waals surface area (Å²) in [7, 11) is 3.58. The lowest BCUT2D eigenvalue weighted by molar-refractivity contribution is -0.384. The molecule has 1 amide bonds. The van der Waals surface area contributed by atoms with Crippen LogP contribution in [0.2, 0.25) is 0 Å². The number of nitro benzene ring substituents is 1. The van der Waals surface area contributed by atoms with Crippen LogP contribution in [-0.4, -0.2) is 24.9 Å². The maximum Gasteiger partial charge on any atom is 0.270 e. The first kappa shape index (κ1) is 16.5. The summed E-state index contributed by atoms with van der Waals surface area (Å²) in [5, 5.41) is 13.7. The Labute approximate surface area is 134 Å². The van der Waals surface area contributed by atoms with Gasteiger partial charge in [-0.2, -0.15) is 0 Å². The van der Waals surface area contributed by atoms with E-state index in [1.54, 1.807) is 25.1 Å². The van der Waals surface area contributed by atoms with Crippen LogP contribution in [0.3, 0.4) is 0 Å². The quantitative estimate of drug-likeness (QED) is 0.680. The lowest BCUT2D eigenvalue weighted by Gasteiger charge is -2.17. The van der Waals surface area contributed by atoms with E-state index in [-0.39, 0.29) is 17.2 Å². The largest absolute Gasteiger partial charge is 0.377 e. The van der Waals surface area contributed by atoms with Gasteiger partial charge in [0.2, 0.25) is 0 Å². The zero-order valence-corrected chi connectivity index (χ0v) is 13.4. The van der Waals surface area contributed by atoms with Gasteiger partial charge >= 0.3 is 0 Å².